The molecule has 2 aliphatic rings. The Morgan fingerprint density at radius 3 is 2.69 bits per heavy atom. The summed E-state index contributed by atoms with van der Waals surface area (Å²) in [6, 6.07) is 1.54. The van der Waals surface area contributed by atoms with Crippen LogP contribution in [0, 0.1) is 0 Å². The molecule has 0 amide bonds. The second-order valence-electron chi connectivity index (χ2n) is 5.64. The van der Waals surface area contributed by atoms with Crippen LogP contribution in [0.3, 0.4) is 0 Å². The summed E-state index contributed by atoms with van der Waals surface area (Å²) in [5, 5.41) is 3.63. The molecule has 0 spiro atoms. The molecule has 0 aromatic carbocycles. The molecule has 0 aromatic rings. The van der Waals surface area contributed by atoms with E-state index in [-0.39, 0.29) is 0 Å². The number of piperidine rings is 1. The van der Waals surface area contributed by atoms with Gasteiger partial charge in [-0.1, -0.05) is 6.42 Å². The van der Waals surface area contributed by atoms with Gasteiger partial charge in [-0.3, -0.25) is 0 Å². The molecule has 94 valence electrons. The Morgan fingerprint density at radius 1 is 1.19 bits per heavy atom. The van der Waals surface area contributed by atoms with E-state index in [0.29, 0.717) is 0 Å². The van der Waals surface area contributed by atoms with E-state index in [4.69, 9.17) is 0 Å². The fourth-order valence-corrected chi connectivity index (χ4v) is 3.10. The fraction of sp³-hybridized carbons (Fsp3) is 1.00. The molecule has 2 unspecified atom stereocenters. The van der Waals surface area contributed by atoms with E-state index in [9.17, 15) is 0 Å². The first-order valence-electron chi connectivity index (χ1n) is 6.88. The molecule has 2 atom stereocenters. The minimum absolute atomic E-state index is 0.741. The first-order chi connectivity index (χ1) is 7.75. The van der Waals surface area contributed by atoms with Crippen LogP contribution in [0.1, 0.15) is 32.1 Å². The van der Waals surface area contributed by atoms with E-state index in [0.717, 1.165) is 12.1 Å². The largest absolute Gasteiger partial charge is 0.313 e. The van der Waals surface area contributed by atoms with Crippen LogP contribution in [-0.4, -0.2) is 62.2 Å². The van der Waals surface area contributed by atoms with Gasteiger partial charge in [-0.25, -0.2) is 0 Å². The van der Waals surface area contributed by atoms with Crippen LogP contribution in [0.4, 0.5) is 0 Å². The zero-order valence-corrected chi connectivity index (χ0v) is 10.9. The number of hydrogen-bond donors (Lipinski definition) is 1. The lowest BCUT2D eigenvalue weighted by Gasteiger charge is -2.31. The zero-order chi connectivity index (χ0) is 11.4. The number of rotatable bonds is 4. The molecule has 0 aromatic heterocycles. The van der Waals surface area contributed by atoms with Crippen LogP contribution in [0.25, 0.3) is 0 Å². The lowest BCUT2D eigenvalue weighted by Crippen LogP contribution is -2.45. The summed E-state index contributed by atoms with van der Waals surface area (Å²) in [5.74, 6) is 0. The molecule has 0 bridgehead atoms. The lowest BCUT2D eigenvalue weighted by atomic mass is 10.0. The molecule has 1 N–H and O–H groups in total. The maximum atomic E-state index is 3.63. The second-order valence-corrected chi connectivity index (χ2v) is 5.64. The lowest BCUT2D eigenvalue weighted by molar-refractivity contribution is 0.197. The number of nitrogens with one attached hydrogen (secondary N) is 1. The van der Waals surface area contributed by atoms with Crippen LogP contribution in [-0.2, 0) is 0 Å². The van der Waals surface area contributed by atoms with Crippen LogP contribution >= 0.6 is 0 Å². The summed E-state index contributed by atoms with van der Waals surface area (Å²) in [6.07, 6.45) is 6.92. The van der Waals surface area contributed by atoms with Crippen molar-refractivity contribution >= 4 is 0 Å². The van der Waals surface area contributed by atoms with Gasteiger partial charge in [0.05, 0.1) is 0 Å². The summed E-state index contributed by atoms with van der Waals surface area (Å²) in [6.45, 7) is 4.99. The Hall–Kier alpha value is -0.120. The SMILES string of the molecule is CN(CC1CCCCN1)CC1CCCN1C. The quantitative estimate of drug-likeness (QED) is 0.774. The van der Waals surface area contributed by atoms with E-state index in [1.54, 1.807) is 0 Å². The Balaban J connectivity index is 1.68. The molecule has 2 aliphatic heterocycles. The Morgan fingerprint density at radius 2 is 2.06 bits per heavy atom. The summed E-state index contributed by atoms with van der Waals surface area (Å²) >= 11 is 0. The first-order valence-corrected chi connectivity index (χ1v) is 6.88. The normalized spacial score (nSPS) is 32.4. The summed E-state index contributed by atoms with van der Waals surface area (Å²) in [7, 11) is 4.55. The van der Waals surface area contributed by atoms with Gasteiger partial charge >= 0.3 is 0 Å². The number of hydrogen-bond acceptors (Lipinski definition) is 3. The number of likely N-dealkylation sites (tertiary alicyclic amines) is 1. The molecular formula is C13H27N3. The average Bonchev–Trinajstić information content (AvgIpc) is 2.66. The van der Waals surface area contributed by atoms with E-state index in [1.807, 2.05) is 0 Å². The van der Waals surface area contributed by atoms with Crippen LogP contribution in [0.5, 0.6) is 0 Å². The molecule has 2 saturated heterocycles. The van der Waals surface area contributed by atoms with Crippen molar-refractivity contribution in [2.24, 2.45) is 0 Å². The summed E-state index contributed by atoms with van der Waals surface area (Å²) in [5.41, 5.74) is 0. The van der Waals surface area contributed by atoms with E-state index >= 15 is 0 Å². The van der Waals surface area contributed by atoms with Crippen LogP contribution < -0.4 is 5.32 Å². The number of likely N-dealkylation sites (N-methyl/N-ethyl adjacent to an activating group) is 2. The van der Waals surface area contributed by atoms with Gasteiger partial charge in [0.25, 0.3) is 0 Å². The minimum Gasteiger partial charge on any atom is -0.313 e. The van der Waals surface area contributed by atoms with E-state index in [2.05, 4.69) is 29.2 Å². The molecule has 0 radical (unpaired) electrons. The van der Waals surface area contributed by atoms with Gasteiger partial charge in [-0.15, -0.1) is 0 Å². The van der Waals surface area contributed by atoms with Crippen molar-refractivity contribution in [1.82, 2.24) is 15.1 Å². The predicted octanol–water partition coefficient (Wildman–Crippen LogP) is 1.15. The molecule has 2 heterocycles. The monoisotopic (exact) mass is 225 g/mol. The van der Waals surface area contributed by atoms with Crippen molar-refractivity contribution in [3.63, 3.8) is 0 Å². The molecule has 2 rings (SSSR count). The standard InChI is InChI=1S/C13H27N3/c1-15(10-12-6-3-4-8-14-12)11-13-7-5-9-16(13)2/h12-14H,3-11H2,1-2H3. The maximum Gasteiger partial charge on any atom is 0.0220 e. The highest BCUT2D eigenvalue weighted by molar-refractivity contribution is 4.81. The highest BCUT2D eigenvalue weighted by Gasteiger charge is 2.23. The van der Waals surface area contributed by atoms with Crippen molar-refractivity contribution in [2.75, 3.05) is 40.3 Å². The van der Waals surface area contributed by atoms with Gasteiger partial charge in [-0.2, -0.15) is 0 Å². The van der Waals surface area contributed by atoms with Crippen molar-refractivity contribution < 1.29 is 0 Å². The zero-order valence-electron chi connectivity index (χ0n) is 10.9. The highest BCUT2D eigenvalue weighted by atomic mass is 15.2. The third-order valence-electron chi connectivity index (χ3n) is 4.14. The van der Waals surface area contributed by atoms with Crippen molar-refractivity contribution in [1.29, 1.82) is 0 Å². The summed E-state index contributed by atoms with van der Waals surface area (Å²) in [4.78, 5) is 5.04. The van der Waals surface area contributed by atoms with Crippen molar-refractivity contribution in [2.45, 2.75) is 44.2 Å². The number of nitrogens with zero attached hydrogens (tertiary/aromatic N) is 2. The Bertz CT molecular complexity index is 201. The second kappa shape index (κ2) is 5.99. The van der Waals surface area contributed by atoms with Crippen LogP contribution in [0.2, 0.25) is 0 Å². The maximum absolute atomic E-state index is 3.63. The van der Waals surface area contributed by atoms with Gasteiger partial charge in [0.1, 0.15) is 0 Å². The summed E-state index contributed by atoms with van der Waals surface area (Å²) < 4.78 is 0. The Kier molecular flexibility index (Phi) is 4.62. The van der Waals surface area contributed by atoms with Crippen molar-refractivity contribution in [3.05, 3.63) is 0 Å². The third kappa shape index (κ3) is 3.44. The van der Waals surface area contributed by atoms with Crippen LogP contribution in [0.15, 0.2) is 0 Å². The van der Waals surface area contributed by atoms with Gasteiger partial charge < -0.3 is 15.1 Å². The molecule has 0 saturated carbocycles. The molecule has 3 nitrogen and oxygen atoms in total. The van der Waals surface area contributed by atoms with Gasteiger partial charge in [0, 0.05) is 25.2 Å². The molecule has 16 heavy (non-hydrogen) atoms. The van der Waals surface area contributed by atoms with Crippen molar-refractivity contribution in [3.8, 4) is 0 Å². The molecular weight excluding hydrogens is 198 g/mol. The van der Waals surface area contributed by atoms with Gasteiger partial charge in [-0.05, 0) is 52.9 Å². The predicted molar refractivity (Wildman–Crippen MR) is 68.8 cm³/mol. The van der Waals surface area contributed by atoms with Gasteiger partial charge in [0.15, 0.2) is 0 Å². The van der Waals surface area contributed by atoms with Gasteiger partial charge in [0.2, 0.25) is 0 Å². The van der Waals surface area contributed by atoms with E-state index in [1.165, 1.54) is 58.3 Å². The minimum atomic E-state index is 0.741. The average molecular weight is 225 g/mol. The highest BCUT2D eigenvalue weighted by Crippen LogP contribution is 2.16. The third-order valence-corrected chi connectivity index (χ3v) is 4.14. The molecule has 3 heteroatoms. The topological polar surface area (TPSA) is 18.5 Å². The molecule has 0 aliphatic carbocycles. The Labute approximate surface area is 100 Å². The molecule has 2 fully saturated rings. The smallest absolute Gasteiger partial charge is 0.0220 e. The van der Waals surface area contributed by atoms with E-state index < -0.39 is 0 Å². The fourth-order valence-electron chi connectivity index (χ4n) is 3.10. The first kappa shape index (κ1) is 12.3.